The first-order chi connectivity index (χ1) is 13.7. The minimum Gasteiger partial charge on any atom is -0.331 e. The van der Waals surface area contributed by atoms with Crippen LogP contribution in [-0.2, 0) is 9.59 Å². The van der Waals surface area contributed by atoms with Crippen molar-refractivity contribution >= 4 is 58.0 Å². The number of benzene rings is 1. The van der Waals surface area contributed by atoms with E-state index >= 15 is 0 Å². The lowest BCUT2D eigenvalue weighted by atomic mass is 9.54. The quantitative estimate of drug-likeness (QED) is 0.397. The van der Waals surface area contributed by atoms with Crippen molar-refractivity contribution in [1.82, 2.24) is 10.4 Å². The number of carbonyl (C=O) groups excluding carboxylic acids is 2. The number of anilines is 1. The maximum Gasteiger partial charge on any atom is 0.252 e. The third kappa shape index (κ3) is 3.45. The predicted molar refractivity (Wildman–Crippen MR) is 118 cm³/mol. The second kappa shape index (κ2) is 7.56. The van der Waals surface area contributed by atoms with E-state index in [4.69, 9.17) is 35.4 Å². The Kier molecular flexibility index (Phi) is 5.38. The van der Waals surface area contributed by atoms with Gasteiger partial charge in [0.25, 0.3) is 11.8 Å². The van der Waals surface area contributed by atoms with Crippen molar-refractivity contribution in [3.63, 3.8) is 0 Å². The molecule has 2 amide bonds. The first kappa shape index (κ1) is 20.6. The molecule has 4 aliphatic rings. The molecule has 8 heteroatoms. The lowest BCUT2D eigenvalue weighted by molar-refractivity contribution is -0.142. The smallest absolute Gasteiger partial charge is 0.252 e. The number of allylic oxidation sites excluding steroid dienone is 2. The lowest BCUT2D eigenvalue weighted by Gasteiger charge is -2.48. The highest BCUT2D eigenvalue weighted by molar-refractivity contribution is 7.80. The van der Waals surface area contributed by atoms with E-state index in [1.807, 2.05) is 0 Å². The molecule has 2 fully saturated rings. The van der Waals surface area contributed by atoms with Gasteiger partial charge in [-0.05, 0) is 67.4 Å². The molecule has 1 heterocycles. The maximum absolute atomic E-state index is 13.2. The van der Waals surface area contributed by atoms with Crippen LogP contribution < -0.4 is 10.7 Å². The van der Waals surface area contributed by atoms with Gasteiger partial charge in [-0.15, -0.1) is 0 Å². The van der Waals surface area contributed by atoms with Crippen LogP contribution in [0.2, 0.25) is 10.0 Å². The molecule has 1 aliphatic heterocycles. The molecule has 1 aromatic rings. The summed E-state index contributed by atoms with van der Waals surface area (Å²) < 4.78 is 0. The topological polar surface area (TPSA) is 61.4 Å². The number of hydrazine groups is 1. The summed E-state index contributed by atoms with van der Waals surface area (Å²) in [7, 11) is 0. The van der Waals surface area contributed by atoms with Crippen LogP contribution in [0.4, 0.5) is 5.69 Å². The summed E-state index contributed by atoms with van der Waals surface area (Å²) >= 11 is 17.3. The standard InChI is InChI=1S/C21H23Cl2N3O2S/c1-9(2)12-8-13-10(3)6-14(12)18-17(13)19(27)26(20(18)28)25-21(29)24-11-4-5-15(22)16(23)7-11/h4-7,9,12-14,17-18H,8H2,1-3H3,(H2,24,25,29)/t12-,13+,14+,17?,18?/m1/s1. The number of thiocarbonyl (C=S) groups is 1. The third-order valence-corrected chi connectivity index (χ3v) is 7.49. The fraction of sp³-hybridized carbons (Fsp3) is 0.476. The Morgan fingerprint density at radius 3 is 2.52 bits per heavy atom. The van der Waals surface area contributed by atoms with Crippen molar-refractivity contribution in [2.24, 2.45) is 35.5 Å². The zero-order chi connectivity index (χ0) is 21.0. The highest BCUT2D eigenvalue weighted by Gasteiger charge is 2.61. The monoisotopic (exact) mass is 451 g/mol. The van der Waals surface area contributed by atoms with Crippen molar-refractivity contribution in [2.45, 2.75) is 27.2 Å². The summed E-state index contributed by atoms with van der Waals surface area (Å²) in [5, 5.41) is 5.03. The summed E-state index contributed by atoms with van der Waals surface area (Å²) in [4.78, 5) is 26.3. The van der Waals surface area contributed by atoms with Crippen LogP contribution >= 0.6 is 35.4 Å². The number of nitrogens with zero attached hydrogens (tertiary/aromatic N) is 1. The van der Waals surface area contributed by atoms with Gasteiger partial charge in [-0.1, -0.05) is 48.7 Å². The van der Waals surface area contributed by atoms with E-state index in [1.54, 1.807) is 18.2 Å². The van der Waals surface area contributed by atoms with E-state index in [2.05, 4.69) is 37.6 Å². The molecule has 5 atom stereocenters. The van der Waals surface area contributed by atoms with Gasteiger partial charge in [0.05, 0.1) is 21.9 Å². The Bertz CT molecular complexity index is 933. The van der Waals surface area contributed by atoms with Crippen molar-refractivity contribution in [2.75, 3.05) is 5.32 Å². The van der Waals surface area contributed by atoms with Crippen molar-refractivity contribution in [1.29, 1.82) is 0 Å². The molecule has 29 heavy (non-hydrogen) atoms. The molecule has 5 nitrogen and oxygen atoms in total. The van der Waals surface area contributed by atoms with Gasteiger partial charge in [-0.25, -0.2) is 0 Å². The number of carbonyl (C=O) groups is 2. The molecule has 1 aromatic carbocycles. The Hall–Kier alpha value is -1.63. The second-order valence-electron chi connectivity index (χ2n) is 8.50. The summed E-state index contributed by atoms with van der Waals surface area (Å²) in [6.45, 7) is 6.46. The lowest BCUT2D eigenvalue weighted by Crippen LogP contribution is -2.48. The maximum atomic E-state index is 13.2. The first-order valence-electron chi connectivity index (χ1n) is 9.78. The van der Waals surface area contributed by atoms with E-state index in [9.17, 15) is 9.59 Å². The average molecular weight is 452 g/mol. The second-order valence-corrected chi connectivity index (χ2v) is 9.72. The fourth-order valence-electron chi connectivity index (χ4n) is 5.19. The molecule has 5 rings (SSSR count). The highest BCUT2D eigenvalue weighted by atomic mass is 35.5. The Balaban J connectivity index is 1.52. The Morgan fingerprint density at radius 1 is 1.17 bits per heavy atom. The molecule has 2 unspecified atom stereocenters. The third-order valence-electron chi connectivity index (χ3n) is 6.55. The average Bonchev–Trinajstić information content (AvgIpc) is 2.91. The van der Waals surface area contributed by atoms with E-state index < -0.39 is 0 Å². The molecule has 2 bridgehead atoms. The summed E-state index contributed by atoms with van der Waals surface area (Å²) in [5.41, 5.74) is 4.65. The van der Waals surface area contributed by atoms with Crippen molar-refractivity contribution in [3.05, 3.63) is 39.9 Å². The minimum absolute atomic E-state index is 0.102. The first-order valence-corrected chi connectivity index (χ1v) is 10.9. The number of rotatable bonds is 3. The zero-order valence-corrected chi connectivity index (χ0v) is 18.7. The molecular formula is C21H23Cl2N3O2S. The van der Waals surface area contributed by atoms with Crippen LogP contribution in [0.25, 0.3) is 0 Å². The normalized spacial score (nSPS) is 30.5. The molecule has 2 N–H and O–H groups in total. The number of hydrogen-bond donors (Lipinski definition) is 2. The summed E-state index contributed by atoms with van der Waals surface area (Å²) in [6.07, 6.45) is 3.19. The van der Waals surface area contributed by atoms with Gasteiger partial charge >= 0.3 is 0 Å². The van der Waals surface area contributed by atoms with Gasteiger partial charge in [0.2, 0.25) is 0 Å². The van der Waals surface area contributed by atoms with Gasteiger partial charge in [0.1, 0.15) is 0 Å². The van der Waals surface area contributed by atoms with Crippen LogP contribution in [0.5, 0.6) is 0 Å². The number of fused-ring (bicyclic) bond motifs is 1. The molecule has 154 valence electrons. The van der Waals surface area contributed by atoms with Crippen LogP contribution in [0.15, 0.2) is 29.8 Å². The Labute approximate surface area is 185 Å². The van der Waals surface area contributed by atoms with Gasteiger partial charge in [0, 0.05) is 5.69 Å². The number of imide groups is 1. The molecule has 0 radical (unpaired) electrons. The van der Waals surface area contributed by atoms with E-state index in [0.717, 1.165) is 11.4 Å². The minimum atomic E-state index is -0.308. The largest absolute Gasteiger partial charge is 0.331 e. The molecule has 1 saturated carbocycles. The Morgan fingerprint density at radius 2 is 1.86 bits per heavy atom. The number of halogens is 2. The van der Waals surface area contributed by atoms with Gasteiger partial charge in [0.15, 0.2) is 5.11 Å². The van der Waals surface area contributed by atoms with Gasteiger partial charge < -0.3 is 5.32 Å². The molecule has 0 aromatic heterocycles. The van der Waals surface area contributed by atoms with Crippen molar-refractivity contribution < 1.29 is 9.59 Å². The van der Waals surface area contributed by atoms with E-state index in [-0.39, 0.29) is 40.6 Å². The SMILES string of the molecule is CC1=C[C@@H]2C3C(=O)N(NC(=S)Nc4ccc(Cl)c(Cl)c4)C(=O)C3[C@H]1C[C@@H]2C(C)C. The number of hydrogen-bond acceptors (Lipinski definition) is 3. The van der Waals surface area contributed by atoms with Crippen LogP contribution in [0, 0.1) is 35.5 Å². The number of nitrogens with one attached hydrogen (secondary N) is 2. The number of amides is 2. The fourth-order valence-corrected chi connectivity index (χ4v) is 5.70. The van der Waals surface area contributed by atoms with Crippen LogP contribution in [0.1, 0.15) is 27.2 Å². The highest BCUT2D eigenvalue weighted by Crippen LogP contribution is 2.56. The van der Waals surface area contributed by atoms with E-state index in [1.165, 1.54) is 5.57 Å². The van der Waals surface area contributed by atoms with Crippen molar-refractivity contribution in [3.8, 4) is 0 Å². The summed E-state index contributed by atoms with van der Waals surface area (Å²) in [6, 6.07) is 5.00. The predicted octanol–water partition coefficient (Wildman–Crippen LogP) is 4.66. The molecular weight excluding hydrogens is 429 g/mol. The molecule has 0 spiro atoms. The molecule has 1 saturated heterocycles. The van der Waals surface area contributed by atoms with Gasteiger partial charge in [-0.2, -0.15) is 5.01 Å². The van der Waals surface area contributed by atoms with Crippen LogP contribution in [0.3, 0.4) is 0 Å². The van der Waals surface area contributed by atoms with Crippen LogP contribution in [-0.4, -0.2) is 21.9 Å². The summed E-state index contributed by atoms with van der Waals surface area (Å²) in [5.74, 6) is 0.121. The zero-order valence-electron chi connectivity index (χ0n) is 16.4. The van der Waals surface area contributed by atoms with E-state index in [0.29, 0.717) is 27.6 Å². The van der Waals surface area contributed by atoms with Gasteiger partial charge in [-0.3, -0.25) is 15.0 Å². The molecule has 3 aliphatic carbocycles.